The van der Waals surface area contributed by atoms with E-state index in [1.807, 2.05) is 0 Å². The minimum Gasteiger partial charge on any atom is -0.382 e. The number of hydrogen-bond donors (Lipinski definition) is 0. The zero-order valence-corrected chi connectivity index (χ0v) is 16.6. The summed E-state index contributed by atoms with van der Waals surface area (Å²) in [6, 6.07) is 31.0. The molecule has 2 heteroatoms. The third-order valence-electron chi connectivity index (χ3n) is 5.32. The van der Waals surface area contributed by atoms with E-state index < -0.39 is 0 Å². The summed E-state index contributed by atoms with van der Waals surface area (Å²) in [5.41, 5.74) is 4.59. The summed E-state index contributed by atoms with van der Waals surface area (Å²) in [6.45, 7) is 0.958. The zero-order valence-electron chi connectivity index (χ0n) is 15.2. The van der Waals surface area contributed by atoms with Gasteiger partial charge in [-0.15, -0.1) is 0 Å². The Labute approximate surface area is 158 Å². The lowest BCUT2D eigenvalue weighted by Gasteiger charge is -2.23. The molecule has 1 unspecified atom stereocenters. The maximum atomic E-state index is 5.96. The van der Waals surface area contributed by atoms with Gasteiger partial charge in [-0.1, -0.05) is 90.1 Å². The molecule has 0 N–H and O–H groups in total. The molecule has 132 valence electrons. The predicted octanol–water partition coefficient (Wildman–Crippen LogP) is 4.19. The van der Waals surface area contributed by atoms with Gasteiger partial charge < -0.3 is 4.74 Å². The molecule has 0 radical (unpaired) electrons. The number of rotatable bonds is 5. The van der Waals surface area contributed by atoms with Crippen LogP contribution in [-0.4, -0.2) is 21.9 Å². The molecule has 0 saturated carbocycles. The lowest BCUT2D eigenvalue weighted by atomic mass is 9.85. The largest absolute Gasteiger partial charge is 0.382 e. The Hall–Kier alpha value is -2.16. The van der Waals surface area contributed by atoms with Crippen molar-refractivity contribution < 1.29 is 4.74 Å². The molecule has 3 aromatic rings. The first-order chi connectivity index (χ1) is 12.9. The van der Waals surface area contributed by atoms with Crippen molar-refractivity contribution in [2.24, 2.45) is 0 Å². The summed E-state index contributed by atoms with van der Waals surface area (Å²) < 4.78 is 5.96. The molecular weight excluding hydrogens is 332 g/mol. The fourth-order valence-corrected chi connectivity index (χ4v) is 5.76. The van der Waals surface area contributed by atoms with Crippen LogP contribution in [0.25, 0.3) is 0 Å². The molecule has 1 nitrogen and oxygen atoms in total. The van der Waals surface area contributed by atoms with Gasteiger partial charge in [0.25, 0.3) is 0 Å². The highest BCUT2D eigenvalue weighted by Gasteiger charge is 2.18. The summed E-state index contributed by atoms with van der Waals surface area (Å²) in [7, 11) is -0.346. The van der Waals surface area contributed by atoms with Crippen molar-refractivity contribution in [3.8, 4) is 0 Å². The first-order valence-electron chi connectivity index (χ1n) is 9.70. The summed E-state index contributed by atoms with van der Waals surface area (Å²) in [5.74, 6) is 0.291. The number of benzene rings is 3. The molecule has 0 bridgehead atoms. The molecule has 1 fully saturated rings. The molecule has 3 aromatic carbocycles. The quantitative estimate of drug-likeness (QED) is 0.491. The lowest BCUT2D eigenvalue weighted by molar-refractivity contribution is 0.0660. The highest BCUT2D eigenvalue weighted by atomic mass is 28.2. The normalized spacial score (nSPS) is 17.8. The van der Waals surface area contributed by atoms with Crippen LogP contribution < -0.4 is 5.19 Å². The molecule has 1 heterocycles. The topological polar surface area (TPSA) is 9.23 Å². The van der Waals surface area contributed by atoms with E-state index in [4.69, 9.17) is 4.74 Å². The molecule has 4 rings (SSSR count). The van der Waals surface area contributed by atoms with Crippen molar-refractivity contribution in [2.45, 2.75) is 30.9 Å². The van der Waals surface area contributed by atoms with E-state index in [0.29, 0.717) is 11.6 Å². The second kappa shape index (κ2) is 8.48. The van der Waals surface area contributed by atoms with Crippen LogP contribution in [-0.2, 0) is 4.74 Å². The van der Waals surface area contributed by atoms with Crippen LogP contribution in [0.4, 0.5) is 0 Å². The SMILES string of the molecule is c1ccc(C(c2ccccc2)c2ccc([SiH2]C3CCCCO3)cc2)cc1. The van der Waals surface area contributed by atoms with Crippen molar-refractivity contribution in [3.05, 3.63) is 102 Å². The number of ether oxygens (including phenoxy) is 1. The highest BCUT2D eigenvalue weighted by molar-refractivity contribution is 6.54. The smallest absolute Gasteiger partial charge is 0.0887 e. The van der Waals surface area contributed by atoms with Crippen molar-refractivity contribution in [3.63, 3.8) is 0 Å². The van der Waals surface area contributed by atoms with Crippen molar-refractivity contribution in [1.29, 1.82) is 0 Å². The minimum absolute atomic E-state index is 0.291. The van der Waals surface area contributed by atoms with E-state index in [0.717, 1.165) is 6.61 Å². The van der Waals surface area contributed by atoms with Gasteiger partial charge in [0.05, 0.1) is 9.52 Å². The highest BCUT2D eigenvalue weighted by Crippen LogP contribution is 2.31. The summed E-state index contributed by atoms with van der Waals surface area (Å²) in [4.78, 5) is 0. The standard InChI is InChI=1S/C24H26OSi/c1-3-9-19(10-4-1)24(20-11-5-2-6-12-20)21-14-16-22(17-15-21)26-23-13-7-8-18-25-23/h1-6,9-12,14-17,23-24H,7-8,13,18,26H2. The Morgan fingerprint density at radius 2 is 1.27 bits per heavy atom. The van der Waals surface area contributed by atoms with Crippen LogP contribution in [0.2, 0.25) is 0 Å². The van der Waals surface area contributed by atoms with E-state index >= 15 is 0 Å². The molecule has 1 aliphatic heterocycles. The van der Waals surface area contributed by atoms with Gasteiger partial charge in [-0.3, -0.25) is 0 Å². The Kier molecular flexibility index (Phi) is 5.63. The molecule has 26 heavy (non-hydrogen) atoms. The van der Waals surface area contributed by atoms with Crippen molar-refractivity contribution >= 4 is 14.7 Å². The molecular formula is C24H26OSi. The van der Waals surface area contributed by atoms with Gasteiger partial charge in [0.2, 0.25) is 0 Å². The van der Waals surface area contributed by atoms with Gasteiger partial charge in [-0.05, 0) is 36.0 Å². The summed E-state index contributed by atoms with van der Waals surface area (Å²) >= 11 is 0. The van der Waals surface area contributed by atoms with E-state index in [2.05, 4.69) is 84.9 Å². The van der Waals surface area contributed by atoms with Gasteiger partial charge >= 0.3 is 0 Å². The minimum atomic E-state index is -0.346. The Balaban J connectivity index is 1.59. The summed E-state index contributed by atoms with van der Waals surface area (Å²) in [6.07, 6.45) is 3.82. The molecule has 1 saturated heterocycles. The van der Waals surface area contributed by atoms with Crippen LogP contribution in [0.1, 0.15) is 41.9 Å². The monoisotopic (exact) mass is 358 g/mol. The van der Waals surface area contributed by atoms with Crippen molar-refractivity contribution in [2.75, 3.05) is 6.61 Å². The Bertz CT molecular complexity index is 753. The van der Waals surface area contributed by atoms with E-state index in [9.17, 15) is 0 Å². The molecule has 1 atom stereocenters. The summed E-state index contributed by atoms with van der Waals surface area (Å²) in [5, 5.41) is 1.51. The molecule has 1 aliphatic rings. The van der Waals surface area contributed by atoms with Crippen LogP contribution >= 0.6 is 0 Å². The Morgan fingerprint density at radius 1 is 0.692 bits per heavy atom. The first kappa shape index (κ1) is 17.3. The third kappa shape index (κ3) is 4.14. The fraction of sp³-hybridized carbons (Fsp3) is 0.250. The molecule has 0 aliphatic carbocycles. The van der Waals surface area contributed by atoms with Gasteiger partial charge in [0, 0.05) is 18.3 Å². The predicted molar refractivity (Wildman–Crippen MR) is 112 cm³/mol. The van der Waals surface area contributed by atoms with Crippen LogP contribution in [0, 0.1) is 0 Å². The van der Waals surface area contributed by atoms with Gasteiger partial charge in [0.15, 0.2) is 0 Å². The maximum Gasteiger partial charge on any atom is 0.0887 e. The van der Waals surface area contributed by atoms with E-state index in [1.165, 1.54) is 41.1 Å². The maximum absolute atomic E-state index is 5.96. The third-order valence-corrected chi connectivity index (χ3v) is 7.36. The molecule has 0 aromatic heterocycles. The van der Waals surface area contributed by atoms with Crippen molar-refractivity contribution in [1.82, 2.24) is 0 Å². The second-order valence-corrected chi connectivity index (χ2v) is 9.32. The van der Waals surface area contributed by atoms with E-state index in [-0.39, 0.29) is 9.52 Å². The van der Waals surface area contributed by atoms with Gasteiger partial charge in [-0.25, -0.2) is 0 Å². The molecule has 0 amide bonds. The number of hydrogen-bond acceptors (Lipinski definition) is 1. The van der Waals surface area contributed by atoms with Gasteiger partial charge in [0.1, 0.15) is 0 Å². The van der Waals surface area contributed by atoms with Crippen LogP contribution in [0.5, 0.6) is 0 Å². The Morgan fingerprint density at radius 3 is 1.81 bits per heavy atom. The lowest BCUT2D eigenvalue weighted by Crippen LogP contribution is -2.33. The average molecular weight is 359 g/mol. The van der Waals surface area contributed by atoms with Crippen LogP contribution in [0.15, 0.2) is 84.9 Å². The first-order valence-corrected chi connectivity index (χ1v) is 11.2. The fourth-order valence-electron chi connectivity index (χ4n) is 3.95. The average Bonchev–Trinajstić information content (AvgIpc) is 2.72. The zero-order chi connectivity index (χ0) is 17.6. The van der Waals surface area contributed by atoms with E-state index in [1.54, 1.807) is 0 Å². The second-order valence-electron chi connectivity index (χ2n) is 7.19. The molecule has 0 spiro atoms. The van der Waals surface area contributed by atoms with Crippen LogP contribution in [0.3, 0.4) is 0 Å². The van der Waals surface area contributed by atoms with Gasteiger partial charge in [-0.2, -0.15) is 0 Å².